The molecule has 0 saturated heterocycles. The lowest BCUT2D eigenvalue weighted by Gasteiger charge is -2.30. The topological polar surface area (TPSA) is 64.3 Å². The predicted molar refractivity (Wildman–Crippen MR) is 57.0 cm³/mol. The Balaban J connectivity index is 4.23. The Morgan fingerprint density at radius 2 is 2.21 bits per heavy atom. The average Bonchev–Trinajstić information content (AvgIpc) is 2.16. The maximum absolute atomic E-state index is 11.5. The summed E-state index contributed by atoms with van der Waals surface area (Å²) >= 11 is 0. The first-order valence-electron chi connectivity index (χ1n) is 5.04. The van der Waals surface area contributed by atoms with Crippen molar-refractivity contribution in [3.05, 3.63) is 0 Å². The Labute approximate surface area is 86.2 Å². The first-order chi connectivity index (χ1) is 6.49. The van der Waals surface area contributed by atoms with E-state index in [0.717, 1.165) is 12.8 Å². The van der Waals surface area contributed by atoms with Gasteiger partial charge in [-0.15, -0.1) is 0 Å². The van der Waals surface area contributed by atoms with E-state index in [-0.39, 0.29) is 11.4 Å². The molecule has 84 valence electrons. The lowest BCUT2D eigenvalue weighted by atomic mass is 9.94. The molecule has 4 heteroatoms. The fraction of sp³-hybridized carbons (Fsp3) is 0.900. The molecule has 3 N–H and O–H groups in total. The van der Waals surface area contributed by atoms with Gasteiger partial charge in [0, 0.05) is 12.6 Å². The quantitative estimate of drug-likeness (QED) is 0.665. The Morgan fingerprint density at radius 3 is 2.57 bits per heavy atom. The van der Waals surface area contributed by atoms with Crippen LogP contribution in [0.15, 0.2) is 0 Å². The van der Waals surface area contributed by atoms with E-state index in [1.807, 2.05) is 13.8 Å². The van der Waals surface area contributed by atoms with Crippen LogP contribution in [0.1, 0.15) is 33.6 Å². The van der Waals surface area contributed by atoms with Gasteiger partial charge in [-0.05, 0) is 33.2 Å². The summed E-state index contributed by atoms with van der Waals surface area (Å²) in [6, 6.07) is 0. The van der Waals surface area contributed by atoms with Crippen LogP contribution in [-0.4, -0.2) is 31.2 Å². The van der Waals surface area contributed by atoms with Gasteiger partial charge in [0.05, 0.1) is 0 Å². The van der Waals surface area contributed by atoms with E-state index in [0.29, 0.717) is 6.54 Å². The van der Waals surface area contributed by atoms with Gasteiger partial charge >= 0.3 is 0 Å². The molecular formula is C10H22N2O2. The second-order valence-corrected chi connectivity index (χ2v) is 3.82. The van der Waals surface area contributed by atoms with Crippen LogP contribution in [0.2, 0.25) is 0 Å². The van der Waals surface area contributed by atoms with E-state index in [1.165, 1.54) is 7.11 Å². The number of nitrogens with one attached hydrogen (secondary N) is 1. The number of carbonyl (C=O) groups excluding carboxylic acids is 1. The molecule has 2 atom stereocenters. The Hall–Kier alpha value is -0.610. The second kappa shape index (κ2) is 5.98. The summed E-state index contributed by atoms with van der Waals surface area (Å²) in [5.41, 5.74) is 5.28. The second-order valence-electron chi connectivity index (χ2n) is 3.82. The van der Waals surface area contributed by atoms with Gasteiger partial charge in [-0.2, -0.15) is 0 Å². The van der Waals surface area contributed by atoms with Crippen LogP contribution in [0.3, 0.4) is 0 Å². The number of carbonyl (C=O) groups is 1. The summed E-state index contributed by atoms with van der Waals surface area (Å²) in [5.74, 6) is -0.0784. The molecule has 0 aromatic rings. The highest BCUT2D eigenvalue weighted by Crippen LogP contribution is 2.13. The molecule has 0 aliphatic carbocycles. The van der Waals surface area contributed by atoms with Crippen molar-refractivity contribution in [2.75, 3.05) is 13.7 Å². The van der Waals surface area contributed by atoms with Gasteiger partial charge in [0.25, 0.3) is 0 Å². The van der Waals surface area contributed by atoms with Crippen LogP contribution >= 0.6 is 0 Å². The standard InChI is InChI=1S/C10H22N2O2/c1-5-10(3,6-7-11)12-9(13)8(2)14-4/h8H,5-7,11H2,1-4H3,(H,12,13). The van der Waals surface area contributed by atoms with E-state index >= 15 is 0 Å². The minimum Gasteiger partial charge on any atom is -0.372 e. The number of nitrogens with two attached hydrogens (primary N) is 1. The van der Waals surface area contributed by atoms with E-state index in [9.17, 15) is 4.79 Å². The third-order valence-electron chi connectivity index (χ3n) is 2.62. The molecule has 0 bridgehead atoms. The minimum absolute atomic E-state index is 0.0784. The molecule has 2 unspecified atom stereocenters. The van der Waals surface area contributed by atoms with Crippen molar-refractivity contribution in [2.24, 2.45) is 5.73 Å². The normalized spacial score (nSPS) is 17.2. The van der Waals surface area contributed by atoms with Crippen LogP contribution in [0.25, 0.3) is 0 Å². The SMILES string of the molecule is CCC(C)(CCN)NC(=O)C(C)OC. The fourth-order valence-electron chi connectivity index (χ4n) is 1.15. The summed E-state index contributed by atoms with van der Waals surface area (Å²) < 4.78 is 4.94. The van der Waals surface area contributed by atoms with Crippen molar-refractivity contribution in [1.82, 2.24) is 5.32 Å². The zero-order valence-electron chi connectivity index (χ0n) is 9.59. The highest BCUT2D eigenvalue weighted by molar-refractivity contribution is 5.81. The molecule has 0 spiro atoms. The predicted octanol–water partition coefficient (Wildman–Crippen LogP) is 0.655. The first-order valence-corrected chi connectivity index (χ1v) is 5.04. The Kier molecular flexibility index (Phi) is 5.72. The van der Waals surface area contributed by atoms with Crippen molar-refractivity contribution in [3.63, 3.8) is 0 Å². The largest absolute Gasteiger partial charge is 0.372 e. The number of hydrogen-bond donors (Lipinski definition) is 2. The number of amides is 1. The van der Waals surface area contributed by atoms with E-state index in [1.54, 1.807) is 6.92 Å². The number of rotatable bonds is 6. The summed E-state index contributed by atoms with van der Waals surface area (Å²) in [7, 11) is 1.52. The van der Waals surface area contributed by atoms with Crippen LogP contribution in [0, 0.1) is 0 Å². The zero-order chi connectivity index (χ0) is 11.2. The van der Waals surface area contributed by atoms with E-state index in [4.69, 9.17) is 10.5 Å². The molecular weight excluding hydrogens is 180 g/mol. The zero-order valence-corrected chi connectivity index (χ0v) is 9.59. The molecule has 0 heterocycles. The van der Waals surface area contributed by atoms with E-state index < -0.39 is 6.10 Å². The smallest absolute Gasteiger partial charge is 0.249 e. The first kappa shape index (κ1) is 13.4. The molecule has 1 amide bonds. The van der Waals surface area contributed by atoms with Crippen molar-refractivity contribution in [2.45, 2.75) is 45.3 Å². The Bertz CT molecular complexity index is 185. The molecule has 0 rings (SSSR count). The van der Waals surface area contributed by atoms with Crippen molar-refractivity contribution < 1.29 is 9.53 Å². The highest BCUT2D eigenvalue weighted by atomic mass is 16.5. The van der Waals surface area contributed by atoms with Gasteiger partial charge in [0.15, 0.2) is 0 Å². The molecule has 0 fully saturated rings. The third-order valence-corrected chi connectivity index (χ3v) is 2.62. The summed E-state index contributed by atoms with van der Waals surface area (Å²) in [6.07, 6.45) is 1.25. The van der Waals surface area contributed by atoms with Gasteiger partial charge in [0.2, 0.25) is 5.91 Å². The van der Waals surface area contributed by atoms with Crippen LogP contribution in [0.5, 0.6) is 0 Å². The lowest BCUT2D eigenvalue weighted by molar-refractivity contribution is -0.132. The molecule has 0 saturated carbocycles. The number of hydrogen-bond acceptors (Lipinski definition) is 3. The third kappa shape index (κ3) is 4.07. The summed E-state index contributed by atoms with van der Waals surface area (Å²) in [4.78, 5) is 11.5. The van der Waals surface area contributed by atoms with Crippen molar-refractivity contribution in [3.8, 4) is 0 Å². The molecule has 14 heavy (non-hydrogen) atoms. The molecule has 0 radical (unpaired) electrons. The van der Waals surface area contributed by atoms with Crippen LogP contribution in [-0.2, 0) is 9.53 Å². The molecule has 0 aliphatic rings. The molecule has 0 aliphatic heterocycles. The van der Waals surface area contributed by atoms with Crippen LogP contribution < -0.4 is 11.1 Å². The van der Waals surface area contributed by atoms with E-state index in [2.05, 4.69) is 5.32 Å². The number of methoxy groups -OCH3 is 1. The van der Waals surface area contributed by atoms with Gasteiger partial charge in [0.1, 0.15) is 6.10 Å². The van der Waals surface area contributed by atoms with Gasteiger partial charge < -0.3 is 15.8 Å². The van der Waals surface area contributed by atoms with Gasteiger partial charge in [-0.3, -0.25) is 4.79 Å². The lowest BCUT2D eigenvalue weighted by Crippen LogP contribution is -2.50. The number of ether oxygens (including phenoxy) is 1. The van der Waals surface area contributed by atoms with Crippen molar-refractivity contribution >= 4 is 5.91 Å². The maximum atomic E-state index is 11.5. The molecule has 0 aromatic carbocycles. The van der Waals surface area contributed by atoms with Crippen molar-refractivity contribution in [1.29, 1.82) is 0 Å². The summed E-state index contributed by atoms with van der Waals surface area (Å²) in [5, 5.41) is 2.95. The Morgan fingerprint density at radius 1 is 1.64 bits per heavy atom. The van der Waals surface area contributed by atoms with Crippen LogP contribution in [0.4, 0.5) is 0 Å². The summed E-state index contributed by atoms with van der Waals surface area (Å²) in [6.45, 7) is 6.34. The highest BCUT2D eigenvalue weighted by Gasteiger charge is 2.25. The average molecular weight is 202 g/mol. The van der Waals surface area contributed by atoms with Gasteiger partial charge in [-0.25, -0.2) is 0 Å². The monoisotopic (exact) mass is 202 g/mol. The fourth-order valence-corrected chi connectivity index (χ4v) is 1.15. The maximum Gasteiger partial charge on any atom is 0.249 e. The molecule has 0 aromatic heterocycles. The van der Waals surface area contributed by atoms with Gasteiger partial charge in [-0.1, -0.05) is 6.92 Å². The minimum atomic E-state index is -0.404. The molecule has 4 nitrogen and oxygen atoms in total.